The Bertz CT molecular complexity index is 439. The summed E-state index contributed by atoms with van der Waals surface area (Å²) in [5, 5.41) is 12.6. The molecule has 1 aromatic heterocycles. The summed E-state index contributed by atoms with van der Waals surface area (Å²) in [4.78, 5) is 4.93. The molecular formula is C15H30N6. The van der Waals surface area contributed by atoms with Crippen LogP contribution in [0.25, 0.3) is 0 Å². The van der Waals surface area contributed by atoms with Crippen molar-refractivity contribution in [3.8, 4) is 0 Å². The summed E-state index contributed by atoms with van der Waals surface area (Å²) in [6, 6.07) is 0.313. The Balaban J connectivity index is 2.26. The van der Waals surface area contributed by atoms with E-state index in [2.05, 4.69) is 67.0 Å². The van der Waals surface area contributed by atoms with E-state index in [1.165, 1.54) is 0 Å². The molecule has 1 aliphatic rings. The van der Waals surface area contributed by atoms with Gasteiger partial charge in [-0.1, -0.05) is 13.8 Å². The van der Waals surface area contributed by atoms with Gasteiger partial charge in [-0.05, 0) is 50.6 Å². The zero-order chi connectivity index (χ0) is 15.6. The molecule has 1 aliphatic heterocycles. The highest BCUT2D eigenvalue weighted by Gasteiger charge is 2.31. The van der Waals surface area contributed by atoms with Crippen molar-refractivity contribution < 1.29 is 0 Å². The molecule has 1 aromatic rings. The van der Waals surface area contributed by atoms with Crippen molar-refractivity contribution in [3.63, 3.8) is 0 Å². The van der Waals surface area contributed by atoms with Crippen LogP contribution in [0.15, 0.2) is 0 Å². The van der Waals surface area contributed by atoms with Gasteiger partial charge in [-0.15, -0.1) is 5.10 Å². The fourth-order valence-corrected chi connectivity index (χ4v) is 2.88. The molecule has 0 saturated carbocycles. The molecule has 21 heavy (non-hydrogen) atoms. The SMILES string of the molecule is CC(C)C[C@H](c1nnnn1C(C)(C)C)N1CCN(C)CC1. The van der Waals surface area contributed by atoms with Crippen molar-refractivity contribution in [2.45, 2.75) is 52.6 Å². The lowest BCUT2D eigenvalue weighted by Gasteiger charge is -2.38. The Morgan fingerprint density at radius 2 is 1.71 bits per heavy atom. The van der Waals surface area contributed by atoms with Crippen LogP contribution >= 0.6 is 0 Å². The van der Waals surface area contributed by atoms with Crippen molar-refractivity contribution in [2.24, 2.45) is 5.92 Å². The summed E-state index contributed by atoms with van der Waals surface area (Å²) in [5.41, 5.74) is -0.0827. The molecule has 2 rings (SSSR count). The topological polar surface area (TPSA) is 50.1 Å². The third-order valence-corrected chi connectivity index (χ3v) is 4.10. The maximum Gasteiger partial charge on any atom is 0.168 e. The van der Waals surface area contributed by atoms with Crippen molar-refractivity contribution in [2.75, 3.05) is 33.2 Å². The van der Waals surface area contributed by atoms with Crippen LogP contribution in [-0.4, -0.2) is 63.2 Å². The largest absolute Gasteiger partial charge is 0.304 e. The third kappa shape index (κ3) is 4.01. The number of likely N-dealkylation sites (N-methyl/N-ethyl adjacent to an activating group) is 1. The molecule has 0 radical (unpaired) electrons. The van der Waals surface area contributed by atoms with Crippen LogP contribution in [0.4, 0.5) is 0 Å². The average Bonchev–Trinajstić information content (AvgIpc) is 2.85. The number of hydrogen-bond acceptors (Lipinski definition) is 5. The molecule has 2 heterocycles. The van der Waals surface area contributed by atoms with E-state index in [1.54, 1.807) is 0 Å². The number of nitrogens with zero attached hydrogens (tertiary/aromatic N) is 6. The molecule has 0 unspecified atom stereocenters. The average molecular weight is 294 g/mol. The first-order valence-corrected chi connectivity index (χ1v) is 8.00. The van der Waals surface area contributed by atoms with Crippen LogP contribution in [-0.2, 0) is 5.54 Å². The lowest BCUT2D eigenvalue weighted by atomic mass is 9.99. The minimum absolute atomic E-state index is 0.0827. The summed E-state index contributed by atoms with van der Waals surface area (Å²) in [5.74, 6) is 1.64. The van der Waals surface area contributed by atoms with Crippen molar-refractivity contribution in [3.05, 3.63) is 5.82 Å². The third-order valence-electron chi connectivity index (χ3n) is 4.10. The van der Waals surface area contributed by atoms with Gasteiger partial charge in [0.1, 0.15) is 0 Å². The molecule has 1 fully saturated rings. The predicted octanol–water partition coefficient (Wildman–Crippen LogP) is 1.76. The monoisotopic (exact) mass is 294 g/mol. The smallest absolute Gasteiger partial charge is 0.168 e. The molecule has 0 aromatic carbocycles. The van der Waals surface area contributed by atoms with Crippen LogP contribution in [0.1, 0.15) is 52.9 Å². The lowest BCUT2D eigenvalue weighted by molar-refractivity contribution is 0.0902. The van der Waals surface area contributed by atoms with Crippen LogP contribution in [0, 0.1) is 5.92 Å². The van der Waals surface area contributed by atoms with E-state index in [9.17, 15) is 0 Å². The van der Waals surface area contributed by atoms with Gasteiger partial charge in [0.05, 0.1) is 11.6 Å². The van der Waals surface area contributed by atoms with E-state index >= 15 is 0 Å². The first-order chi connectivity index (χ1) is 9.79. The zero-order valence-electron chi connectivity index (χ0n) is 14.4. The van der Waals surface area contributed by atoms with Crippen LogP contribution in [0.2, 0.25) is 0 Å². The van der Waals surface area contributed by atoms with Gasteiger partial charge < -0.3 is 4.90 Å². The molecular weight excluding hydrogens is 264 g/mol. The number of hydrogen-bond donors (Lipinski definition) is 0. The maximum atomic E-state index is 4.38. The lowest BCUT2D eigenvalue weighted by Crippen LogP contribution is -2.47. The molecule has 0 amide bonds. The molecule has 6 nitrogen and oxygen atoms in total. The van der Waals surface area contributed by atoms with Gasteiger partial charge in [0.2, 0.25) is 0 Å². The number of aromatic nitrogens is 4. The van der Waals surface area contributed by atoms with Gasteiger partial charge in [0.15, 0.2) is 5.82 Å². The fourth-order valence-electron chi connectivity index (χ4n) is 2.88. The summed E-state index contributed by atoms with van der Waals surface area (Å²) in [6.07, 6.45) is 1.10. The second-order valence-corrected chi connectivity index (χ2v) is 7.60. The van der Waals surface area contributed by atoms with E-state index in [4.69, 9.17) is 0 Å². The molecule has 0 aliphatic carbocycles. The molecule has 1 atom stereocenters. The molecule has 6 heteroatoms. The molecule has 0 N–H and O–H groups in total. The van der Waals surface area contributed by atoms with Crippen LogP contribution in [0.5, 0.6) is 0 Å². The van der Waals surface area contributed by atoms with E-state index in [0.717, 1.165) is 38.4 Å². The van der Waals surface area contributed by atoms with Gasteiger partial charge in [0, 0.05) is 26.2 Å². The Morgan fingerprint density at radius 1 is 1.10 bits per heavy atom. The standard InChI is InChI=1S/C15H30N6/c1-12(2)11-13(20-9-7-19(6)8-10-20)14-16-17-18-21(14)15(3,4)5/h12-13H,7-11H2,1-6H3/t13-/m1/s1. The summed E-state index contributed by atoms with van der Waals surface area (Å²) >= 11 is 0. The number of rotatable bonds is 4. The number of piperazine rings is 1. The summed E-state index contributed by atoms with van der Waals surface area (Å²) < 4.78 is 2.00. The van der Waals surface area contributed by atoms with Crippen molar-refractivity contribution >= 4 is 0 Å². The van der Waals surface area contributed by atoms with Crippen molar-refractivity contribution in [1.82, 2.24) is 30.0 Å². The predicted molar refractivity (Wildman–Crippen MR) is 84.1 cm³/mol. The van der Waals surface area contributed by atoms with Gasteiger partial charge in [-0.3, -0.25) is 4.90 Å². The summed E-state index contributed by atoms with van der Waals surface area (Å²) in [6.45, 7) is 15.4. The van der Waals surface area contributed by atoms with Crippen molar-refractivity contribution in [1.29, 1.82) is 0 Å². The van der Waals surface area contributed by atoms with E-state index in [0.29, 0.717) is 12.0 Å². The Labute approximate surface area is 128 Å². The van der Waals surface area contributed by atoms with Gasteiger partial charge in [0.25, 0.3) is 0 Å². The molecule has 1 saturated heterocycles. The first-order valence-electron chi connectivity index (χ1n) is 8.00. The molecule has 120 valence electrons. The normalized spacial score (nSPS) is 20.1. The minimum Gasteiger partial charge on any atom is -0.304 e. The fraction of sp³-hybridized carbons (Fsp3) is 0.933. The van der Waals surface area contributed by atoms with E-state index in [1.807, 2.05) is 4.68 Å². The van der Waals surface area contributed by atoms with E-state index in [-0.39, 0.29) is 5.54 Å². The zero-order valence-corrected chi connectivity index (χ0v) is 14.4. The number of tetrazole rings is 1. The highest BCUT2D eigenvalue weighted by molar-refractivity contribution is 4.98. The highest BCUT2D eigenvalue weighted by Crippen LogP contribution is 2.29. The van der Waals surface area contributed by atoms with Gasteiger partial charge >= 0.3 is 0 Å². The molecule has 0 spiro atoms. The highest BCUT2D eigenvalue weighted by atomic mass is 15.6. The van der Waals surface area contributed by atoms with Crippen LogP contribution in [0.3, 0.4) is 0 Å². The Hall–Kier alpha value is -1.01. The van der Waals surface area contributed by atoms with Gasteiger partial charge in [-0.25, -0.2) is 4.68 Å². The minimum atomic E-state index is -0.0827. The second-order valence-electron chi connectivity index (χ2n) is 7.60. The molecule has 0 bridgehead atoms. The van der Waals surface area contributed by atoms with E-state index < -0.39 is 0 Å². The second kappa shape index (κ2) is 6.40. The van der Waals surface area contributed by atoms with Gasteiger partial charge in [-0.2, -0.15) is 0 Å². The van der Waals surface area contributed by atoms with Crippen LogP contribution < -0.4 is 0 Å². The first kappa shape index (κ1) is 16.4. The Morgan fingerprint density at radius 3 is 2.24 bits per heavy atom. The maximum absolute atomic E-state index is 4.38. The Kier molecular flexibility index (Phi) is 4.99. The summed E-state index contributed by atoms with van der Waals surface area (Å²) in [7, 11) is 2.19. The quantitative estimate of drug-likeness (QED) is 0.847.